The zero-order chi connectivity index (χ0) is 13.1. The van der Waals surface area contributed by atoms with Gasteiger partial charge in [-0.25, -0.2) is 0 Å². The number of hydrogen-bond donors (Lipinski definition) is 0. The predicted molar refractivity (Wildman–Crippen MR) is 82.5 cm³/mol. The van der Waals surface area contributed by atoms with Crippen LogP contribution in [-0.2, 0) is 0 Å². The van der Waals surface area contributed by atoms with Crippen LogP contribution in [0.3, 0.4) is 0 Å². The van der Waals surface area contributed by atoms with E-state index in [1.807, 2.05) is 42.5 Å². The van der Waals surface area contributed by atoms with Gasteiger partial charge in [0.25, 0.3) is 0 Å². The summed E-state index contributed by atoms with van der Waals surface area (Å²) in [5, 5.41) is -0.192. The SMILES string of the molecule is COc1ccc(C(Cl)c2ccccc2Br)cc1Br. The minimum Gasteiger partial charge on any atom is -0.496 e. The number of ether oxygens (including phenoxy) is 1. The summed E-state index contributed by atoms with van der Waals surface area (Å²) < 4.78 is 7.12. The zero-order valence-electron chi connectivity index (χ0n) is 9.66. The summed E-state index contributed by atoms with van der Waals surface area (Å²) in [5.74, 6) is 0.801. The average molecular weight is 391 g/mol. The van der Waals surface area contributed by atoms with E-state index in [-0.39, 0.29) is 5.38 Å². The zero-order valence-corrected chi connectivity index (χ0v) is 13.6. The molecule has 0 amide bonds. The Labute approximate surface area is 128 Å². The highest BCUT2D eigenvalue weighted by molar-refractivity contribution is 9.10. The van der Waals surface area contributed by atoms with E-state index in [9.17, 15) is 0 Å². The number of hydrogen-bond acceptors (Lipinski definition) is 1. The fourth-order valence-corrected chi connectivity index (χ4v) is 3.23. The molecule has 0 bridgehead atoms. The highest BCUT2D eigenvalue weighted by atomic mass is 79.9. The third-order valence-electron chi connectivity index (χ3n) is 2.65. The molecule has 0 radical (unpaired) electrons. The van der Waals surface area contributed by atoms with E-state index in [1.165, 1.54) is 0 Å². The minimum atomic E-state index is -0.192. The van der Waals surface area contributed by atoms with E-state index < -0.39 is 0 Å². The molecule has 0 aromatic heterocycles. The van der Waals surface area contributed by atoms with Crippen molar-refractivity contribution in [2.75, 3.05) is 7.11 Å². The van der Waals surface area contributed by atoms with Crippen molar-refractivity contribution < 1.29 is 4.74 Å². The highest BCUT2D eigenvalue weighted by Gasteiger charge is 2.14. The lowest BCUT2D eigenvalue weighted by atomic mass is 10.0. The molecule has 1 unspecified atom stereocenters. The van der Waals surface area contributed by atoms with Crippen LogP contribution in [0.2, 0.25) is 0 Å². The molecule has 0 fully saturated rings. The minimum absolute atomic E-state index is 0.192. The van der Waals surface area contributed by atoms with Gasteiger partial charge in [0.15, 0.2) is 0 Å². The summed E-state index contributed by atoms with van der Waals surface area (Å²) in [5.41, 5.74) is 2.08. The van der Waals surface area contributed by atoms with E-state index >= 15 is 0 Å². The normalized spacial score (nSPS) is 12.2. The molecule has 0 N–H and O–H groups in total. The Morgan fingerprint density at radius 1 is 1.06 bits per heavy atom. The Balaban J connectivity index is 2.37. The summed E-state index contributed by atoms with van der Waals surface area (Å²) >= 11 is 13.5. The van der Waals surface area contributed by atoms with Crippen LogP contribution in [0.1, 0.15) is 16.5 Å². The van der Waals surface area contributed by atoms with Crippen LogP contribution in [0.25, 0.3) is 0 Å². The van der Waals surface area contributed by atoms with Gasteiger partial charge in [-0.1, -0.05) is 40.2 Å². The third-order valence-corrected chi connectivity index (χ3v) is 4.48. The molecule has 2 rings (SSSR count). The first-order valence-electron chi connectivity index (χ1n) is 5.35. The van der Waals surface area contributed by atoms with E-state index in [0.717, 1.165) is 25.8 Å². The second-order valence-corrected chi connectivity index (χ2v) is 5.92. The Hall–Kier alpha value is -0.510. The topological polar surface area (TPSA) is 9.23 Å². The standard InChI is InChI=1S/C14H11Br2ClO/c1-18-13-7-6-9(8-12(13)16)14(17)10-4-2-3-5-11(10)15/h2-8,14H,1H3. The molecule has 2 aromatic rings. The van der Waals surface area contributed by atoms with Gasteiger partial charge in [0, 0.05) is 4.47 Å². The quantitative estimate of drug-likeness (QED) is 0.625. The van der Waals surface area contributed by atoms with Crippen molar-refractivity contribution >= 4 is 43.5 Å². The van der Waals surface area contributed by atoms with Crippen LogP contribution in [0, 0.1) is 0 Å². The molecule has 0 aliphatic carbocycles. The fourth-order valence-electron chi connectivity index (χ4n) is 1.70. The Kier molecular flexibility index (Phi) is 4.71. The molecule has 1 nitrogen and oxygen atoms in total. The average Bonchev–Trinajstić information content (AvgIpc) is 2.38. The molecule has 4 heteroatoms. The largest absolute Gasteiger partial charge is 0.496 e. The van der Waals surface area contributed by atoms with Crippen molar-refractivity contribution in [2.45, 2.75) is 5.38 Å². The second-order valence-electron chi connectivity index (χ2n) is 3.78. The first-order valence-corrected chi connectivity index (χ1v) is 7.37. The molecule has 0 aliphatic heterocycles. The van der Waals surface area contributed by atoms with E-state index in [0.29, 0.717) is 0 Å². The molecule has 1 atom stereocenters. The van der Waals surface area contributed by atoms with Crippen LogP contribution < -0.4 is 4.74 Å². The first-order chi connectivity index (χ1) is 8.63. The maximum absolute atomic E-state index is 6.51. The monoisotopic (exact) mass is 388 g/mol. The van der Waals surface area contributed by atoms with Crippen LogP contribution >= 0.6 is 43.5 Å². The van der Waals surface area contributed by atoms with Crippen LogP contribution in [0.4, 0.5) is 0 Å². The molecule has 0 aliphatic rings. The van der Waals surface area contributed by atoms with Crippen molar-refractivity contribution in [3.8, 4) is 5.75 Å². The van der Waals surface area contributed by atoms with Gasteiger partial charge in [-0.05, 0) is 45.3 Å². The summed E-state index contributed by atoms with van der Waals surface area (Å²) in [6.45, 7) is 0. The van der Waals surface area contributed by atoms with E-state index in [1.54, 1.807) is 7.11 Å². The summed E-state index contributed by atoms with van der Waals surface area (Å²) in [7, 11) is 1.64. The molecule has 0 saturated heterocycles. The van der Waals surface area contributed by atoms with Crippen molar-refractivity contribution in [1.29, 1.82) is 0 Å². The lowest BCUT2D eigenvalue weighted by molar-refractivity contribution is 0.412. The predicted octanol–water partition coefficient (Wildman–Crippen LogP) is 5.55. The van der Waals surface area contributed by atoms with Gasteiger partial charge in [0.1, 0.15) is 5.75 Å². The third kappa shape index (κ3) is 2.90. The molecule has 94 valence electrons. The maximum Gasteiger partial charge on any atom is 0.133 e. The second kappa shape index (κ2) is 6.09. The molecule has 0 heterocycles. The summed E-state index contributed by atoms with van der Waals surface area (Å²) in [6.07, 6.45) is 0. The molecule has 2 aromatic carbocycles. The number of benzene rings is 2. The lowest BCUT2D eigenvalue weighted by Crippen LogP contribution is -1.95. The Morgan fingerprint density at radius 3 is 2.39 bits per heavy atom. The van der Waals surface area contributed by atoms with Crippen LogP contribution in [0.15, 0.2) is 51.4 Å². The maximum atomic E-state index is 6.51. The van der Waals surface area contributed by atoms with Gasteiger partial charge in [0.2, 0.25) is 0 Å². The molecule has 0 saturated carbocycles. The van der Waals surface area contributed by atoms with E-state index in [2.05, 4.69) is 31.9 Å². The molecular formula is C14H11Br2ClO. The Morgan fingerprint density at radius 2 is 1.78 bits per heavy atom. The van der Waals surface area contributed by atoms with Crippen LogP contribution in [-0.4, -0.2) is 7.11 Å². The Bertz CT molecular complexity index is 557. The van der Waals surface area contributed by atoms with Crippen molar-refractivity contribution in [3.05, 3.63) is 62.5 Å². The van der Waals surface area contributed by atoms with Crippen molar-refractivity contribution in [2.24, 2.45) is 0 Å². The molecular weight excluding hydrogens is 379 g/mol. The summed E-state index contributed by atoms with van der Waals surface area (Å²) in [6, 6.07) is 13.8. The highest BCUT2D eigenvalue weighted by Crippen LogP contribution is 2.36. The number of rotatable bonds is 3. The molecule has 18 heavy (non-hydrogen) atoms. The summed E-state index contributed by atoms with van der Waals surface area (Å²) in [4.78, 5) is 0. The van der Waals surface area contributed by atoms with Crippen molar-refractivity contribution in [1.82, 2.24) is 0 Å². The van der Waals surface area contributed by atoms with Gasteiger partial charge < -0.3 is 4.74 Å². The fraction of sp³-hybridized carbons (Fsp3) is 0.143. The van der Waals surface area contributed by atoms with Crippen LogP contribution in [0.5, 0.6) is 5.75 Å². The number of alkyl halides is 1. The number of halogens is 3. The molecule has 0 spiro atoms. The van der Waals surface area contributed by atoms with E-state index in [4.69, 9.17) is 16.3 Å². The smallest absolute Gasteiger partial charge is 0.133 e. The van der Waals surface area contributed by atoms with Gasteiger partial charge in [0.05, 0.1) is 17.0 Å². The van der Waals surface area contributed by atoms with Gasteiger partial charge in [-0.3, -0.25) is 0 Å². The lowest BCUT2D eigenvalue weighted by Gasteiger charge is -2.13. The number of methoxy groups -OCH3 is 1. The van der Waals surface area contributed by atoms with Crippen molar-refractivity contribution in [3.63, 3.8) is 0 Å². The van der Waals surface area contributed by atoms with Gasteiger partial charge >= 0.3 is 0 Å². The van der Waals surface area contributed by atoms with Gasteiger partial charge in [-0.15, -0.1) is 11.6 Å². The first kappa shape index (κ1) is 13.9. The van der Waals surface area contributed by atoms with Gasteiger partial charge in [-0.2, -0.15) is 0 Å².